The van der Waals surface area contributed by atoms with E-state index in [1.54, 1.807) is 12.3 Å². The zero-order valence-electron chi connectivity index (χ0n) is 18.4. The van der Waals surface area contributed by atoms with Crippen molar-refractivity contribution in [3.8, 4) is 17.3 Å². The third-order valence-electron chi connectivity index (χ3n) is 6.70. The number of nitrogens with two attached hydrogens (primary N) is 1. The standard InChI is InChI=1S/C26H22N6O2/c27-10-15-7-18(15)26(33)32-24-9-14-8-22(31-25(28)19(14)13-30-24)20-11-29-12-21-17(20)5-2-6-23(21)34-16-3-1-4-16/h1,3-4,8-9,11-13,15,18,23H,2,5-7H2,(H2,28,31)(H,30,32,33)/t15-,18+,23?/m0/s1. The number of hydrogen-bond acceptors (Lipinski definition) is 7. The van der Waals surface area contributed by atoms with Crippen LogP contribution in [-0.4, -0.2) is 20.9 Å². The molecule has 3 aliphatic carbocycles. The summed E-state index contributed by atoms with van der Waals surface area (Å²) >= 11 is 0. The molecule has 8 nitrogen and oxygen atoms in total. The molecule has 3 atom stereocenters. The number of aromatic nitrogens is 3. The Morgan fingerprint density at radius 3 is 2.91 bits per heavy atom. The van der Waals surface area contributed by atoms with E-state index >= 15 is 0 Å². The van der Waals surface area contributed by atoms with Crippen molar-refractivity contribution >= 4 is 28.3 Å². The molecular formula is C26H22N6O2. The summed E-state index contributed by atoms with van der Waals surface area (Å²) in [5, 5.41) is 13.3. The summed E-state index contributed by atoms with van der Waals surface area (Å²) in [5.41, 5.74) is 10.2. The maximum Gasteiger partial charge on any atom is 0.230 e. The fourth-order valence-electron chi connectivity index (χ4n) is 4.67. The van der Waals surface area contributed by atoms with E-state index in [2.05, 4.69) is 26.3 Å². The summed E-state index contributed by atoms with van der Waals surface area (Å²) in [7, 11) is 0. The van der Waals surface area contributed by atoms with Gasteiger partial charge in [0.25, 0.3) is 0 Å². The molecule has 3 aliphatic rings. The summed E-state index contributed by atoms with van der Waals surface area (Å²) in [6.07, 6.45) is 14.7. The van der Waals surface area contributed by atoms with Crippen LogP contribution in [-0.2, 0) is 16.0 Å². The highest BCUT2D eigenvalue weighted by Gasteiger charge is 2.43. The van der Waals surface area contributed by atoms with Crippen molar-refractivity contribution in [3.05, 3.63) is 65.8 Å². The maximum absolute atomic E-state index is 12.4. The molecule has 1 unspecified atom stereocenters. The molecule has 0 radical (unpaired) electrons. The Labute approximate surface area is 196 Å². The highest BCUT2D eigenvalue weighted by Crippen LogP contribution is 2.40. The summed E-state index contributed by atoms with van der Waals surface area (Å²) in [6.45, 7) is 0. The van der Waals surface area contributed by atoms with Gasteiger partial charge >= 0.3 is 0 Å². The number of hydrogen-bond donors (Lipinski definition) is 2. The van der Waals surface area contributed by atoms with Crippen LogP contribution in [0.15, 0.2) is 54.7 Å². The molecule has 3 aromatic rings. The minimum atomic E-state index is -0.260. The number of fused-ring (bicyclic) bond motifs is 2. The number of rotatable bonds is 5. The van der Waals surface area contributed by atoms with Gasteiger partial charge in [0.2, 0.25) is 5.91 Å². The van der Waals surface area contributed by atoms with Gasteiger partial charge in [-0.3, -0.25) is 9.78 Å². The first-order chi connectivity index (χ1) is 16.6. The van der Waals surface area contributed by atoms with E-state index < -0.39 is 0 Å². The molecule has 3 aromatic heterocycles. The molecule has 3 N–H and O–H groups in total. The number of ether oxygens (including phenoxy) is 1. The van der Waals surface area contributed by atoms with Gasteiger partial charge in [-0.1, -0.05) is 6.08 Å². The number of nitriles is 1. The lowest BCUT2D eigenvalue weighted by molar-refractivity contribution is -0.117. The summed E-state index contributed by atoms with van der Waals surface area (Å²) in [4.78, 5) is 25.8. The average molecular weight is 451 g/mol. The van der Waals surface area contributed by atoms with Gasteiger partial charge in [-0.15, -0.1) is 0 Å². The van der Waals surface area contributed by atoms with Gasteiger partial charge in [0.15, 0.2) is 0 Å². The monoisotopic (exact) mass is 450 g/mol. The molecule has 0 aromatic carbocycles. The molecule has 1 amide bonds. The van der Waals surface area contributed by atoms with E-state index in [0.29, 0.717) is 23.4 Å². The van der Waals surface area contributed by atoms with E-state index in [0.717, 1.165) is 47.2 Å². The highest BCUT2D eigenvalue weighted by molar-refractivity contribution is 5.98. The molecule has 6 rings (SSSR count). The van der Waals surface area contributed by atoms with E-state index in [9.17, 15) is 4.79 Å². The van der Waals surface area contributed by atoms with Crippen LogP contribution < -0.4 is 11.1 Å². The minimum absolute atomic E-state index is 0.0316. The van der Waals surface area contributed by atoms with Crippen molar-refractivity contribution in [2.75, 3.05) is 11.1 Å². The molecule has 0 bridgehead atoms. The van der Waals surface area contributed by atoms with Crippen LogP contribution in [0.25, 0.3) is 22.0 Å². The van der Waals surface area contributed by atoms with Crippen molar-refractivity contribution in [2.45, 2.75) is 31.8 Å². The van der Waals surface area contributed by atoms with Gasteiger partial charge in [0, 0.05) is 35.1 Å². The molecule has 168 valence electrons. The number of pyridine rings is 3. The SMILES string of the molecule is N#C[C@@H]1C[C@H]1C(=O)Nc1cc2cc(-c3cncc4c3CCCC4OC3=CC=C3)nc(N)c2cn1. The number of carbonyl (C=O) groups is 1. The van der Waals surface area contributed by atoms with Gasteiger partial charge in [0.05, 0.1) is 23.6 Å². The number of nitrogen functional groups attached to an aromatic ring is 1. The first-order valence-electron chi connectivity index (χ1n) is 11.4. The normalized spacial score (nSPS) is 22.2. The Kier molecular flexibility index (Phi) is 4.77. The molecule has 8 heteroatoms. The third-order valence-corrected chi connectivity index (χ3v) is 6.70. The number of anilines is 2. The van der Waals surface area contributed by atoms with Crippen molar-refractivity contribution in [2.24, 2.45) is 11.8 Å². The molecule has 3 heterocycles. The summed E-state index contributed by atoms with van der Waals surface area (Å²) in [5.74, 6) is 1.06. The van der Waals surface area contributed by atoms with Crippen molar-refractivity contribution < 1.29 is 9.53 Å². The van der Waals surface area contributed by atoms with Gasteiger partial charge in [-0.05, 0) is 60.9 Å². The molecule has 0 aliphatic heterocycles. The lowest BCUT2D eigenvalue weighted by Gasteiger charge is -2.28. The Hall–Kier alpha value is -4.25. The Morgan fingerprint density at radius 1 is 1.26 bits per heavy atom. The molecule has 1 saturated carbocycles. The van der Waals surface area contributed by atoms with Crippen LogP contribution in [0.5, 0.6) is 0 Å². The number of nitrogens with zero attached hydrogens (tertiary/aromatic N) is 4. The number of amides is 1. The molecular weight excluding hydrogens is 428 g/mol. The van der Waals surface area contributed by atoms with E-state index in [4.69, 9.17) is 15.7 Å². The topological polar surface area (TPSA) is 127 Å². The average Bonchev–Trinajstić information content (AvgIpc) is 3.61. The van der Waals surface area contributed by atoms with Crippen LogP contribution in [0.2, 0.25) is 0 Å². The smallest absolute Gasteiger partial charge is 0.230 e. The van der Waals surface area contributed by atoms with Crippen molar-refractivity contribution in [1.82, 2.24) is 15.0 Å². The van der Waals surface area contributed by atoms with Gasteiger partial charge in [-0.25, -0.2) is 9.97 Å². The predicted molar refractivity (Wildman–Crippen MR) is 127 cm³/mol. The Balaban J connectivity index is 1.34. The van der Waals surface area contributed by atoms with Crippen LogP contribution in [0, 0.1) is 23.2 Å². The number of nitrogens with one attached hydrogen (secondary N) is 1. The Morgan fingerprint density at radius 2 is 2.15 bits per heavy atom. The zero-order chi connectivity index (χ0) is 23.2. The van der Waals surface area contributed by atoms with Gasteiger partial charge in [-0.2, -0.15) is 5.26 Å². The van der Waals surface area contributed by atoms with Crippen LogP contribution in [0.1, 0.15) is 36.5 Å². The van der Waals surface area contributed by atoms with E-state index in [1.165, 1.54) is 5.56 Å². The van der Waals surface area contributed by atoms with Crippen LogP contribution in [0.3, 0.4) is 0 Å². The molecule has 34 heavy (non-hydrogen) atoms. The largest absolute Gasteiger partial charge is 0.486 e. The van der Waals surface area contributed by atoms with Crippen LogP contribution >= 0.6 is 0 Å². The number of allylic oxidation sites excluding steroid dienone is 3. The lowest BCUT2D eigenvalue weighted by Crippen LogP contribution is -2.15. The maximum atomic E-state index is 12.4. The van der Waals surface area contributed by atoms with E-state index in [1.807, 2.05) is 36.7 Å². The quantitative estimate of drug-likeness (QED) is 0.596. The second-order valence-corrected chi connectivity index (χ2v) is 8.93. The van der Waals surface area contributed by atoms with Crippen LogP contribution in [0.4, 0.5) is 11.6 Å². The molecule has 0 spiro atoms. The molecule has 1 fully saturated rings. The zero-order valence-corrected chi connectivity index (χ0v) is 18.4. The summed E-state index contributed by atoms with van der Waals surface area (Å²) < 4.78 is 6.15. The summed E-state index contributed by atoms with van der Waals surface area (Å²) in [6, 6.07) is 5.89. The van der Waals surface area contributed by atoms with E-state index in [-0.39, 0.29) is 23.8 Å². The van der Waals surface area contributed by atoms with Gasteiger partial charge < -0.3 is 15.8 Å². The Bertz CT molecular complexity index is 1440. The minimum Gasteiger partial charge on any atom is -0.486 e. The third kappa shape index (κ3) is 3.55. The van der Waals surface area contributed by atoms with Crippen molar-refractivity contribution in [1.29, 1.82) is 5.26 Å². The first-order valence-corrected chi connectivity index (χ1v) is 11.4. The fraction of sp³-hybridized carbons (Fsp3) is 0.269. The highest BCUT2D eigenvalue weighted by atomic mass is 16.5. The van der Waals surface area contributed by atoms with Crippen molar-refractivity contribution in [3.63, 3.8) is 0 Å². The first kappa shape index (κ1) is 20.4. The van der Waals surface area contributed by atoms with Gasteiger partial charge in [0.1, 0.15) is 23.5 Å². The second kappa shape index (κ2) is 7.96. The predicted octanol–water partition coefficient (Wildman–Crippen LogP) is 4.22. The second-order valence-electron chi connectivity index (χ2n) is 8.93. The lowest BCUT2D eigenvalue weighted by atomic mass is 9.87. The fourth-order valence-corrected chi connectivity index (χ4v) is 4.67. The number of carbonyl (C=O) groups excluding carboxylic acids is 1. The molecule has 0 saturated heterocycles.